The van der Waals surface area contributed by atoms with Crippen LogP contribution in [-0.4, -0.2) is 64.7 Å². The molecule has 0 radical (unpaired) electrons. The Kier molecular flexibility index (Phi) is 14.4. The van der Waals surface area contributed by atoms with E-state index in [1.54, 1.807) is 24.0 Å². The number of imide groups is 1. The summed E-state index contributed by atoms with van der Waals surface area (Å²) in [6.07, 6.45) is 15.3. The van der Waals surface area contributed by atoms with Gasteiger partial charge in [-0.05, 0) is 89.1 Å². The minimum absolute atomic E-state index is 0.0139. The third-order valence-electron chi connectivity index (χ3n) is 11.1. The van der Waals surface area contributed by atoms with Crippen LogP contribution in [0.4, 0.5) is 0 Å². The maximum absolute atomic E-state index is 13.2. The van der Waals surface area contributed by atoms with Gasteiger partial charge in [-0.1, -0.05) is 110 Å². The maximum Gasteiger partial charge on any atom is 0.233 e. The highest BCUT2D eigenvalue weighted by Crippen LogP contribution is 2.42. The highest BCUT2D eigenvalue weighted by Gasteiger charge is 2.52. The number of phenols is 1. The summed E-state index contributed by atoms with van der Waals surface area (Å²) >= 11 is 5.99. The van der Waals surface area contributed by atoms with E-state index in [1.165, 1.54) is 56.2 Å². The Balaban J connectivity index is 0.000000256. The van der Waals surface area contributed by atoms with Crippen molar-refractivity contribution >= 4 is 40.4 Å². The number of fused-ring (bicyclic) bond motifs is 1. The van der Waals surface area contributed by atoms with Crippen molar-refractivity contribution in [2.45, 2.75) is 182 Å². The normalized spacial score (nSPS) is 18.7. The van der Waals surface area contributed by atoms with Crippen molar-refractivity contribution < 1.29 is 19.5 Å². The van der Waals surface area contributed by atoms with Crippen LogP contribution in [0.25, 0.3) is 16.7 Å². The number of aromatic hydroxyl groups is 1. The maximum atomic E-state index is 13.2. The van der Waals surface area contributed by atoms with E-state index in [-0.39, 0.29) is 51.9 Å². The second kappa shape index (κ2) is 18.0. The van der Waals surface area contributed by atoms with Gasteiger partial charge in [0, 0.05) is 47.0 Å². The third-order valence-corrected chi connectivity index (χ3v) is 11.4. The topological polar surface area (TPSA) is 109 Å². The third kappa shape index (κ3) is 10.6. The van der Waals surface area contributed by atoms with Crippen LogP contribution >= 0.6 is 11.6 Å². The summed E-state index contributed by atoms with van der Waals surface area (Å²) in [7, 11) is 0. The highest BCUT2D eigenvalue weighted by molar-refractivity contribution is 6.31. The molecule has 2 aromatic carbocycles. The number of unbranched alkanes of at least 4 members (excludes halogenated alkanes) is 9. The molecule has 1 N–H and O–H groups in total. The molecule has 0 saturated carbocycles. The Morgan fingerprint density at radius 2 is 1.43 bits per heavy atom. The van der Waals surface area contributed by atoms with Gasteiger partial charge in [0.2, 0.25) is 17.7 Å². The number of aryl methyl sites for hydroxylation is 1. The minimum Gasteiger partial charge on any atom is -0.505 e. The van der Waals surface area contributed by atoms with Crippen molar-refractivity contribution in [2.75, 3.05) is 0 Å². The molecule has 3 aromatic rings. The molecule has 0 aliphatic carbocycles. The van der Waals surface area contributed by atoms with Crippen LogP contribution in [0.15, 0.2) is 30.3 Å². The zero-order valence-corrected chi connectivity index (χ0v) is 35.5. The van der Waals surface area contributed by atoms with Crippen molar-refractivity contribution in [2.24, 2.45) is 5.92 Å². The average Bonchev–Trinajstić information content (AvgIpc) is 3.60. The Labute approximate surface area is 329 Å². The molecule has 2 aliphatic heterocycles. The zero-order valence-electron chi connectivity index (χ0n) is 34.7. The number of carbonyl (C=O) groups excluding carboxylic acids is 3. The summed E-state index contributed by atoms with van der Waals surface area (Å²) in [6.45, 7) is 20.3. The van der Waals surface area contributed by atoms with Crippen molar-refractivity contribution in [3.05, 3.63) is 46.5 Å². The van der Waals surface area contributed by atoms with E-state index in [2.05, 4.69) is 65.6 Å². The molecule has 2 saturated heterocycles. The number of rotatable bonds is 13. The molecule has 9 nitrogen and oxygen atoms in total. The summed E-state index contributed by atoms with van der Waals surface area (Å²) in [4.78, 5) is 43.3. The molecule has 2 aliphatic rings. The number of likely N-dealkylation sites (tertiary alicyclic amines) is 2. The molecule has 0 bridgehead atoms. The number of aromatic nitrogens is 3. The summed E-state index contributed by atoms with van der Waals surface area (Å²) in [6, 6.07) is 9.12. The van der Waals surface area contributed by atoms with Gasteiger partial charge in [0.25, 0.3) is 0 Å². The van der Waals surface area contributed by atoms with Crippen LogP contribution < -0.4 is 0 Å². The van der Waals surface area contributed by atoms with Gasteiger partial charge < -0.3 is 10.0 Å². The lowest BCUT2D eigenvalue weighted by Gasteiger charge is -2.56. The average molecular weight is 764 g/mol. The standard InChI is InChI=1S/C27H48N2O3.C17H18ClN3O/c1-7-8-9-10-11-12-13-14-15-16-17-22-18-24(31)28(25(22)32)23-19-26(3,4)29(21(2)30)27(5,6)20-23;1-10-7-12(17(2,3)4)16(22)15(8-10)21-19-13-6-5-11(18)9-14(13)20-21/h22-23H,7-20H2,1-6H3;5-9,22H,1-4H3. The second-order valence-electron chi connectivity index (χ2n) is 18.1. The number of benzene rings is 2. The molecule has 1 atom stereocenters. The predicted molar refractivity (Wildman–Crippen MR) is 219 cm³/mol. The first-order valence-corrected chi connectivity index (χ1v) is 20.7. The van der Waals surface area contributed by atoms with Crippen LogP contribution in [0.2, 0.25) is 5.02 Å². The van der Waals surface area contributed by atoms with Crippen LogP contribution in [0.1, 0.15) is 163 Å². The van der Waals surface area contributed by atoms with Gasteiger partial charge in [-0.2, -0.15) is 0 Å². The molecule has 3 amide bonds. The van der Waals surface area contributed by atoms with Gasteiger partial charge in [-0.25, -0.2) is 0 Å². The van der Waals surface area contributed by atoms with Crippen LogP contribution in [0.5, 0.6) is 5.75 Å². The van der Waals surface area contributed by atoms with Gasteiger partial charge in [0.15, 0.2) is 0 Å². The van der Waals surface area contributed by atoms with Crippen molar-refractivity contribution in [3.8, 4) is 11.4 Å². The summed E-state index contributed by atoms with van der Waals surface area (Å²) in [5.41, 5.74) is 3.02. The molecule has 0 spiro atoms. The van der Waals surface area contributed by atoms with E-state index >= 15 is 0 Å². The van der Waals surface area contributed by atoms with Gasteiger partial charge >= 0.3 is 0 Å². The van der Waals surface area contributed by atoms with Gasteiger partial charge in [-0.3, -0.25) is 19.3 Å². The molecular weight excluding hydrogens is 698 g/mol. The predicted octanol–water partition coefficient (Wildman–Crippen LogP) is 10.6. The monoisotopic (exact) mass is 763 g/mol. The number of nitrogens with zero attached hydrogens (tertiary/aromatic N) is 5. The van der Waals surface area contributed by atoms with E-state index in [1.807, 2.05) is 30.0 Å². The minimum atomic E-state index is -0.382. The van der Waals surface area contributed by atoms with E-state index < -0.39 is 0 Å². The first-order valence-electron chi connectivity index (χ1n) is 20.3. The van der Waals surface area contributed by atoms with Gasteiger partial charge in [0.05, 0.1) is 0 Å². The van der Waals surface area contributed by atoms with Crippen molar-refractivity contribution in [3.63, 3.8) is 0 Å². The largest absolute Gasteiger partial charge is 0.505 e. The van der Waals surface area contributed by atoms with Crippen LogP contribution in [0, 0.1) is 12.8 Å². The van der Waals surface area contributed by atoms with Crippen LogP contribution in [0.3, 0.4) is 0 Å². The molecule has 298 valence electrons. The Morgan fingerprint density at radius 3 is 1.98 bits per heavy atom. The molecule has 1 unspecified atom stereocenters. The van der Waals surface area contributed by atoms with E-state index in [0.717, 1.165) is 35.9 Å². The molecule has 10 heteroatoms. The number of piperidine rings is 1. The molecule has 5 rings (SSSR count). The van der Waals surface area contributed by atoms with Gasteiger partial charge in [-0.15, -0.1) is 15.0 Å². The fourth-order valence-electron chi connectivity index (χ4n) is 8.94. The number of hydrogen-bond donors (Lipinski definition) is 1. The highest BCUT2D eigenvalue weighted by atomic mass is 35.5. The molecule has 1 aromatic heterocycles. The number of carbonyl (C=O) groups is 3. The fraction of sp³-hybridized carbons (Fsp3) is 0.659. The van der Waals surface area contributed by atoms with Crippen LogP contribution in [-0.2, 0) is 19.8 Å². The lowest BCUT2D eigenvalue weighted by atomic mass is 9.76. The smallest absolute Gasteiger partial charge is 0.233 e. The lowest BCUT2D eigenvalue weighted by Crippen LogP contribution is -2.66. The summed E-state index contributed by atoms with van der Waals surface area (Å²) < 4.78 is 0. The first kappa shape index (κ1) is 43.3. The Bertz CT molecular complexity index is 1760. The first-order chi connectivity index (χ1) is 25.3. The molecule has 2 fully saturated rings. The van der Waals surface area contributed by atoms with E-state index in [0.29, 0.717) is 35.5 Å². The molecule has 3 heterocycles. The quantitative estimate of drug-likeness (QED) is 0.137. The summed E-state index contributed by atoms with van der Waals surface area (Å²) in [5, 5.41) is 20.1. The number of phenolic OH excluding ortho intramolecular Hbond substituents is 1. The Morgan fingerprint density at radius 1 is 0.870 bits per heavy atom. The fourth-order valence-corrected chi connectivity index (χ4v) is 9.11. The SMILES string of the molecule is CCCCCCCCCCCCC1CC(=O)N(C2CC(C)(C)N(C(C)=O)C(C)(C)C2)C1=O.Cc1cc(-n2nc3ccc(Cl)cc3n2)c(O)c(C(C)(C)C)c1. The van der Waals surface area contributed by atoms with Crippen molar-refractivity contribution in [1.82, 2.24) is 24.8 Å². The van der Waals surface area contributed by atoms with Crippen molar-refractivity contribution in [1.29, 1.82) is 0 Å². The van der Waals surface area contributed by atoms with Gasteiger partial charge in [0.1, 0.15) is 22.5 Å². The molecule has 54 heavy (non-hydrogen) atoms. The second-order valence-corrected chi connectivity index (χ2v) is 18.5. The lowest BCUT2D eigenvalue weighted by molar-refractivity contribution is -0.155. The number of hydrogen-bond acceptors (Lipinski definition) is 6. The summed E-state index contributed by atoms with van der Waals surface area (Å²) in [5.74, 6) is 0.133. The number of amides is 3. The number of halogens is 1. The van der Waals surface area contributed by atoms with E-state index in [4.69, 9.17) is 11.6 Å². The molecular formula is C44H66ClN5O4. The zero-order chi connectivity index (χ0) is 40.0. The Hall–Kier alpha value is -3.46. The van der Waals surface area contributed by atoms with E-state index in [9.17, 15) is 19.5 Å².